The van der Waals surface area contributed by atoms with Crippen LogP contribution >= 0.6 is 0 Å². The summed E-state index contributed by atoms with van der Waals surface area (Å²) >= 11 is 0. The van der Waals surface area contributed by atoms with Gasteiger partial charge in [-0.3, -0.25) is 19.0 Å². The monoisotopic (exact) mass is 352 g/mol. The van der Waals surface area contributed by atoms with Crippen molar-refractivity contribution < 1.29 is 9.59 Å². The summed E-state index contributed by atoms with van der Waals surface area (Å²) in [7, 11) is 3.29. The van der Waals surface area contributed by atoms with E-state index in [1.54, 1.807) is 28.8 Å². The minimum atomic E-state index is -0.358. The van der Waals surface area contributed by atoms with Gasteiger partial charge in [-0.25, -0.2) is 0 Å². The van der Waals surface area contributed by atoms with E-state index in [0.717, 1.165) is 5.56 Å². The van der Waals surface area contributed by atoms with Crippen LogP contribution in [0, 0.1) is 0 Å². The maximum atomic E-state index is 12.8. The predicted octanol–water partition coefficient (Wildman–Crippen LogP) is 1.84. The second-order valence-electron chi connectivity index (χ2n) is 5.88. The van der Waals surface area contributed by atoms with Crippen molar-refractivity contribution in [3.8, 4) is 0 Å². The van der Waals surface area contributed by atoms with E-state index in [2.05, 4.69) is 20.8 Å². The second kappa shape index (κ2) is 7.22. The third kappa shape index (κ3) is 3.49. The van der Waals surface area contributed by atoms with E-state index in [1.165, 1.54) is 13.1 Å². The van der Waals surface area contributed by atoms with Crippen molar-refractivity contribution in [2.45, 2.75) is 13.0 Å². The van der Waals surface area contributed by atoms with Gasteiger partial charge in [0.25, 0.3) is 11.8 Å². The number of hydrogen-bond donors (Lipinski definition) is 2. The van der Waals surface area contributed by atoms with Crippen molar-refractivity contribution in [2.75, 3.05) is 12.4 Å². The van der Waals surface area contributed by atoms with Crippen LogP contribution < -0.4 is 10.6 Å². The quantitative estimate of drug-likeness (QED) is 0.733. The SMILES string of the molecule is CNC(=O)c1cc(C(=O)Nc2cnn(C)c2)n(C(C)c2ccccc2)n1. The molecule has 0 aliphatic rings. The summed E-state index contributed by atoms with van der Waals surface area (Å²) in [6.07, 6.45) is 3.25. The number of benzene rings is 1. The normalized spacial score (nSPS) is 11.8. The van der Waals surface area contributed by atoms with E-state index < -0.39 is 0 Å². The minimum Gasteiger partial charge on any atom is -0.354 e. The zero-order valence-electron chi connectivity index (χ0n) is 14.8. The highest BCUT2D eigenvalue weighted by molar-refractivity contribution is 6.04. The first kappa shape index (κ1) is 17.4. The smallest absolute Gasteiger partial charge is 0.274 e. The largest absolute Gasteiger partial charge is 0.354 e. The predicted molar refractivity (Wildman–Crippen MR) is 97.0 cm³/mol. The lowest BCUT2D eigenvalue weighted by atomic mass is 10.1. The maximum Gasteiger partial charge on any atom is 0.274 e. The highest BCUT2D eigenvalue weighted by Crippen LogP contribution is 2.21. The van der Waals surface area contributed by atoms with Gasteiger partial charge in [0.1, 0.15) is 5.69 Å². The molecule has 26 heavy (non-hydrogen) atoms. The molecule has 0 fully saturated rings. The van der Waals surface area contributed by atoms with Crippen LogP contribution in [0.5, 0.6) is 0 Å². The first-order chi connectivity index (χ1) is 12.5. The Morgan fingerprint density at radius 1 is 1.15 bits per heavy atom. The molecule has 8 nitrogen and oxygen atoms in total. The van der Waals surface area contributed by atoms with Crippen molar-refractivity contribution in [1.29, 1.82) is 0 Å². The van der Waals surface area contributed by atoms with E-state index in [9.17, 15) is 9.59 Å². The average Bonchev–Trinajstić information content (AvgIpc) is 3.27. The van der Waals surface area contributed by atoms with Crippen molar-refractivity contribution >= 4 is 17.5 Å². The number of rotatable bonds is 5. The van der Waals surface area contributed by atoms with Crippen LogP contribution in [0.15, 0.2) is 48.8 Å². The van der Waals surface area contributed by atoms with E-state index in [4.69, 9.17) is 0 Å². The summed E-state index contributed by atoms with van der Waals surface area (Å²) < 4.78 is 3.15. The van der Waals surface area contributed by atoms with Crippen LogP contribution in [0.1, 0.15) is 39.5 Å². The van der Waals surface area contributed by atoms with Crippen LogP contribution in [0.4, 0.5) is 5.69 Å². The molecule has 3 aromatic rings. The van der Waals surface area contributed by atoms with E-state index in [0.29, 0.717) is 11.4 Å². The molecule has 2 heterocycles. The molecule has 3 rings (SSSR count). The fraction of sp³-hybridized carbons (Fsp3) is 0.222. The molecule has 0 spiro atoms. The zero-order chi connectivity index (χ0) is 18.7. The van der Waals surface area contributed by atoms with E-state index in [1.807, 2.05) is 37.3 Å². The van der Waals surface area contributed by atoms with E-state index in [-0.39, 0.29) is 23.6 Å². The molecular weight excluding hydrogens is 332 g/mol. The Morgan fingerprint density at radius 2 is 1.88 bits per heavy atom. The summed E-state index contributed by atoms with van der Waals surface area (Å²) in [6.45, 7) is 1.93. The molecule has 2 aromatic heterocycles. The van der Waals surface area contributed by atoms with Crippen LogP contribution in [0.2, 0.25) is 0 Å². The number of carbonyl (C=O) groups excluding carboxylic acids is 2. The highest BCUT2D eigenvalue weighted by atomic mass is 16.2. The van der Waals surface area contributed by atoms with Crippen LogP contribution in [0.3, 0.4) is 0 Å². The molecule has 2 amide bonds. The molecule has 0 saturated carbocycles. The van der Waals surface area contributed by atoms with E-state index >= 15 is 0 Å². The number of aromatic nitrogens is 4. The van der Waals surface area contributed by atoms with Gasteiger partial charge in [-0.05, 0) is 12.5 Å². The van der Waals surface area contributed by atoms with Gasteiger partial charge < -0.3 is 10.6 Å². The molecule has 2 N–H and O–H groups in total. The Kier molecular flexibility index (Phi) is 4.83. The molecule has 1 unspecified atom stereocenters. The number of anilines is 1. The Balaban J connectivity index is 1.98. The lowest BCUT2D eigenvalue weighted by Gasteiger charge is -2.15. The minimum absolute atomic E-state index is 0.187. The van der Waals surface area contributed by atoms with Crippen molar-refractivity contribution in [1.82, 2.24) is 24.9 Å². The number of amides is 2. The number of aryl methyl sites for hydroxylation is 1. The van der Waals surface area contributed by atoms with Gasteiger partial charge in [0.15, 0.2) is 5.69 Å². The fourth-order valence-electron chi connectivity index (χ4n) is 2.65. The maximum absolute atomic E-state index is 12.8. The highest BCUT2D eigenvalue weighted by Gasteiger charge is 2.23. The first-order valence-corrected chi connectivity index (χ1v) is 8.16. The standard InChI is InChI=1S/C18H20N6O2/c1-12(13-7-5-4-6-8-13)24-16(9-15(22-24)17(25)19-2)18(26)21-14-10-20-23(3)11-14/h4-12H,1-3H3,(H,19,25)(H,21,26). The van der Waals surface area contributed by atoms with Crippen molar-refractivity contribution in [2.24, 2.45) is 7.05 Å². The molecule has 0 saturated heterocycles. The fourth-order valence-corrected chi connectivity index (χ4v) is 2.65. The number of carbonyl (C=O) groups is 2. The Morgan fingerprint density at radius 3 is 2.50 bits per heavy atom. The molecule has 0 bridgehead atoms. The molecule has 0 aliphatic heterocycles. The van der Waals surface area contributed by atoms with Gasteiger partial charge in [-0.15, -0.1) is 0 Å². The zero-order valence-corrected chi connectivity index (χ0v) is 14.8. The summed E-state index contributed by atoms with van der Waals surface area (Å²) in [6, 6.07) is 10.9. The molecule has 0 radical (unpaired) electrons. The van der Waals surface area contributed by atoms with Crippen molar-refractivity contribution in [3.05, 3.63) is 65.7 Å². The summed E-state index contributed by atoms with van der Waals surface area (Å²) in [5.41, 5.74) is 2.03. The molecule has 0 aliphatic carbocycles. The van der Waals surface area contributed by atoms with Crippen molar-refractivity contribution in [3.63, 3.8) is 0 Å². The van der Waals surface area contributed by atoms with Gasteiger partial charge in [0.2, 0.25) is 0 Å². The molecule has 1 atom stereocenters. The Labute approximate surface area is 150 Å². The lowest BCUT2D eigenvalue weighted by Crippen LogP contribution is -2.21. The Hall–Kier alpha value is -3.42. The molecule has 8 heteroatoms. The molecule has 134 valence electrons. The van der Waals surface area contributed by atoms with Crippen LogP contribution in [-0.2, 0) is 7.05 Å². The lowest BCUT2D eigenvalue weighted by molar-refractivity contribution is 0.0956. The third-order valence-corrected chi connectivity index (χ3v) is 4.04. The average molecular weight is 352 g/mol. The van der Waals surface area contributed by atoms with Gasteiger partial charge >= 0.3 is 0 Å². The molecule has 1 aromatic carbocycles. The topological polar surface area (TPSA) is 93.8 Å². The molecular formula is C18H20N6O2. The first-order valence-electron chi connectivity index (χ1n) is 8.16. The summed E-state index contributed by atoms with van der Waals surface area (Å²) in [5.74, 6) is -0.706. The van der Waals surface area contributed by atoms with Gasteiger partial charge in [-0.2, -0.15) is 10.2 Å². The summed E-state index contributed by atoms with van der Waals surface area (Å²) in [5, 5.41) is 13.7. The number of hydrogen-bond acceptors (Lipinski definition) is 4. The van der Waals surface area contributed by atoms with Gasteiger partial charge in [0, 0.05) is 26.4 Å². The summed E-state index contributed by atoms with van der Waals surface area (Å²) in [4.78, 5) is 24.8. The van der Waals surface area contributed by atoms with Crippen LogP contribution in [0.25, 0.3) is 0 Å². The van der Waals surface area contributed by atoms with Gasteiger partial charge in [0.05, 0.1) is 17.9 Å². The Bertz CT molecular complexity index is 928. The van der Waals surface area contributed by atoms with Gasteiger partial charge in [-0.1, -0.05) is 30.3 Å². The number of nitrogens with zero attached hydrogens (tertiary/aromatic N) is 4. The third-order valence-electron chi connectivity index (χ3n) is 4.04. The number of nitrogens with one attached hydrogen (secondary N) is 2. The second-order valence-corrected chi connectivity index (χ2v) is 5.88. The van der Waals surface area contributed by atoms with Crippen LogP contribution in [-0.4, -0.2) is 38.4 Å².